The summed E-state index contributed by atoms with van der Waals surface area (Å²) < 4.78 is 9.98. The molecule has 2 rings (SSSR count). The number of hydrogen-bond acceptors (Lipinski definition) is 4. The van der Waals surface area contributed by atoms with Crippen molar-refractivity contribution in [3.63, 3.8) is 0 Å². The van der Waals surface area contributed by atoms with E-state index in [4.69, 9.17) is 9.15 Å². The number of nitrogens with zero attached hydrogens (tertiary/aromatic N) is 1. The molecule has 2 heterocycles. The minimum atomic E-state index is -0.526. The van der Waals surface area contributed by atoms with E-state index in [0.29, 0.717) is 26.3 Å². The van der Waals surface area contributed by atoms with Gasteiger partial charge in [-0.05, 0) is 12.1 Å². The van der Waals surface area contributed by atoms with Gasteiger partial charge in [-0.3, -0.25) is 10.1 Å². The molecule has 0 spiro atoms. The molecule has 0 radical (unpaired) electrons. The van der Waals surface area contributed by atoms with Gasteiger partial charge >= 0.3 is 6.03 Å². The van der Waals surface area contributed by atoms with Crippen LogP contribution in [0.25, 0.3) is 0 Å². The molecule has 16 heavy (non-hydrogen) atoms. The molecule has 1 fully saturated rings. The summed E-state index contributed by atoms with van der Waals surface area (Å²) in [5, 5.41) is 2.25. The SMILES string of the molecule is O=C(NC(=O)N1CCOCC1)c1ccco1. The average Bonchev–Trinajstić information content (AvgIpc) is 2.83. The van der Waals surface area contributed by atoms with Gasteiger partial charge in [0.05, 0.1) is 19.5 Å². The minimum Gasteiger partial charge on any atom is -0.459 e. The lowest BCUT2D eigenvalue weighted by atomic mass is 10.4. The highest BCUT2D eigenvalue weighted by atomic mass is 16.5. The van der Waals surface area contributed by atoms with Crippen molar-refractivity contribution in [2.45, 2.75) is 0 Å². The lowest BCUT2D eigenvalue weighted by Gasteiger charge is -2.26. The van der Waals surface area contributed by atoms with Gasteiger partial charge in [0.15, 0.2) is 5.76 Å². The summed E-state index contributed by atoms with van der Waals surface area (Å²) in [4.78, 5) is 24.6. The van der Waals surface area contributed by atoms with Gasteiger partial charge < -0.3 is 14.1 Å². The Labute approximate surface area is 92.2 Å². The molecule has 0 atom stereocenters. The number of hydrogen-bond donors (Lipinski definition) is 1. The van der Waals surface area contributed by atoms with Crippen LogP contribution in [0.2, 0.25) is 0 Å². The zero-order valence-corrected chi connectivity index (χ0v) is 8.64. The van der Waals surface area contributed by atoms with Crippen LogP contribution in [0.15, 0.2) is 22.8 Å². The van der Waals surface area contributed by atoms with Crippen molar-refractivity contribution < 1.29 is 18.7 Å². The maximum absolute atomic E-state index is 11.6. The fourth-order valence-electron chi connectivity index (χ4n) is 1.41. The maximum Gasteiger partial charge on any atom is 0.324 e. The van der Waals surface area contributed by atoms with E-state index in [1.807, 2.05) is 0 Å². The summed E-state index contributed by atoms with van der Waals surface area (Å²) >= 11 is 0. The van der Waals surface area contributed by atoms with Crippen LogP contribution in [0.1, 0.15) is 10.6 Å². The second kappa shape index (κ2) is 4.80. The summed E-state index contributed by atoms with van der Waals surface area (Å²) in [6, 6.07) is 2.68. The summed E-state index contributed by atoms with van der Waals surface area (Å²) in [6.45, 7) is 2.00. The van der Waals surface area contributed by atoms with Crippen molar-refractivity contribution in [1.82, 2.24) is 10.2 Å². The molecule has 6 nitrogen and oxygen atoms in total. The van der Waals surface area contributed by atoms with Gasteiger partial charge in [0.2, 0.25) is 0 Å². The second-order valence-electron chi connectivity index (χ2n) is 3.34. The zero-order chi connectivity index (χ0) is 11.4. The smallest absolute Gasteiger partial charge is 0.324 e. The van der Waals surface area contributed by atoms with Crippen LogP contribution in [0, 0.1) is 0 Å². The molecule has 0 aromatic carbocycles. The number of furan rings is 1. The Bertz CT molecular complexity index is 368. The quantitative estimate of drug-likeness (QED) is 0.752. The molecule has 3 amide bonds. The van der Waals surface area contributed by atoms with Crippen LogP contribution < -0.4 is 5.32 Å². The highest BCUT2D eigenvalue weighted by Crippen LogP contribution is 2.01. The highest BCUT2D eigenvalue weighted by molar-refractivity contribution is 6.02. The number of morpholine rings is 1. The lowest BCUT2D eigenvalue weighted by Crippen LogP contribution is -2.47. The van der Waals surface area contributed by atoms with Crippen LogP contribution >= 0.6 is 0 Å². The third-order valence-electron chi connectivity index (χ3n) is 2.26. The Morgan fingerprint density at radius 1 is 1.31 bits per heavy atom. The predicted octanol–water partition coefficient (Wildman–Crippen LogP) is 0.462. The zero-order valence-electron chi connectivity index (χ0n) is 8.64. The first-order valence-electron chi connectivity index (χ1n) is 4.99. The Morgan fingerprint density at radius 2 is 2.06 bits per heavy atom. The van der Waals surface area contributed by atoms with Crippen LogP contribution in [-0.4, -0.2) is 43.1 Å². The van der Waals surface area contributed by atoms with E-state index in [2.05, 4.69) is 5.32 Å². The standard InChI is InChI=1S/C10H12N2O4/c13-9(8-2-1-5-16-8)11-10(14)12-3-6-15-7-4-12/h1-2,5H,3-4,6-7H2,(H,11,13,14). The molecule has 1 aliphatic heterocycles. The largest absolute Gasteiger partial charge is 0.459 e. The van der Waals surface area contributed by atoms with Gasteiger partial charge in [-0.1, -0.05) is 0 Å². The second-order valence-corrected chi connectivity index (χ2v) is 3.34. The first-order chi connectivity index (χ1) is 7.77. The van der Waals surface area contributed by atoms with Crippen molar-refractivity contribution in [2.75, 3.05) is 26.3 Å². The summed E-state index contributed by atoms with van der Waals surface area (Å²) in [5.74, 6) is -0.400. The molecule has 1 aliphatic rings. The van der Waals surface area contributed by atoms with Crippen molar-refractivity contribution in [3.05, 3.63) is 24.2 Å². The molecular formula is C10H12N2O4. The van der Waals surface area contributed by atoms with Gasteiger partial charge in [0.25, 0.3) is 5.91 Å². The number of nitrogens with one attached hydrogen (secondary N) is 1. The van der Waals surface area contributed by atoms with Crippen molar-refractivity contribution in [3.8, 4) is 0 Å². The molecule has 0 bridgehead atoms. The third-order valence-corrected chi connectivity index (χ3v) is 2.26. The van der Waals surface area contributed by atoms with Gasteiger partial charge in [-0.15, -0.1) is 0 Å². The number of urea groups is 1. The van der Waals surface area contributed by atoms with E-state index in [-0.39, 0.29) is 5.76 Å². The van der Waals surface area contributed by atoms with Crippen molar-refractivity contribution >= 4 is 11.9 Å². The number of carbonyl (C=O) groups is 2. The normalized spacial score (nSPS) is 15.9. The molecule has 0 saturated carbocycles. The maximum atomic E-state index is 11.6. The number of imide groups is 1. The number of amides is 3. The van der Waals surface area contributed by atoms with E-state index in [9.17, 15) is 9.59 Å². The number of ether oxygens (including phenoxy) is 1. The number of rotatable bonds is 1. The molecular weight excluding hydrogens is 212 g/mol. The van der Waals surface area contributed by atoms with E-state index in [1.54, 1.807) is 6.07 Å². The molecule has 1 aromatic rings. The van der Waals surface area contributed by atoms with E-state index in [0.717, 1.165) is 0 Å². The van der Waals surface area contributed by atoms with Crippen molar-refractivity contribution in [2.24, 2.45) is 0 Å². The topological polar surface area (TPSA) is 71.8 Å². The average molecular weight is 224 g/mol. The molecule has 1 N–H and O–H groups in total. The van der Waals surface area contributed by atoms with Crippen LogP contribution in [-0.2, 0) is 4.74 Å². The molecule has 1 aromatic heterocycles. The molecule has 0 aliphatic carbocycles. The van der Waals surface area contributed by atoms with Crippen LogP contribution in [0.5, 0.6) is 0 Å². The fraction of sp³-hybridized carbons (Fsp3) is 0.400. The Hall–Kier alpha value is -1.82. The lowest BCUT2D eigenvalue weighted by molar-refractivity contribution is 0.0522. The van der Waals surface area contributed by atoms with Crippen LogP contribution in [0.4, 0.5) is 4.79 Å². The van der Waals surface area contributed by atoms with Gasteiger partial charge in [-0.2, -0.15) is 0 Å². The molecule has 86 valence electrons. The summed E-state index contributed by atoms with van der Waals surface area (Å²) in [7, 11) is 0. The summed E-state index contributed by atoms with van der Waals surface area (Å²) in [5.41, 5.74) is 0. The Morgan fingerprint density at radius 3 is 2.69 bits per heavy atom. The molecule has 6 heteroatoms. The Kier molecular flexibility index (Phi) is 3.21. The van der Waals surface area contributed by atoms with E-state index in [1.165, 1.54) is 17.2 Å². The molecule has 0 unspecified atom stereocenters. The minimum absolute atomic E-state index is 0.126. The monoisotopic (exact) mass is 224 g/mol. The first kappa shape index (κ1) is 10.7. The van der Waals surface area contributed by atoms with Crippen molar-refractivity contribution in [1.29, 1.82) is 0 Å². The number of carbonyl (C=O) groups excluding carboxylic acids is 2. The summed E-state index contributed by atoms with van der Waals surface area (Å²) in [6.07, 6.45) is 1.38. The van der Waals surface area contributed by atoms with Crippen LogP contribution in [0.3, 0.4) is 0 Å². The van der Waals surface area contributed by atoms with E-state index >= 15 is 0 Å². The van der Waals surface area contributed by atoms with Gasteiger partial charge in [0, 0.05) is 13.1 Å². The molecule has 1 saturated heterocycles. The van der Waals surface area contributed by atoms with E-state index < -0.39 is 11.9 Å². The van der Waals surface area contributed by atoms with Gasteiger partial charge in [-0.25, -0.2) is 4.79 Å². The van der Waals surface area contributed by atoms with Gasteiger partial charge in [0.1, 0.15) is 0 Å². The Balaban J connectivity index is 1.89. The first-order valence-corrected chi connectivity index (χ1v) is 4.99. The highest BCUT2D eigenvalue weighted by Gasteiger charge is 2.20. The predicted molar refractivity (Wildman–Crippen MR) is 54.0 cm³/mol. The fourth-order valence-corrected chi connectivity index (χ4v) is 1.41. The third kappa shape index (κ3) is 2.40.